The van der Waals surface area contributed by atoms with E-state index in [9.17, 15) is 14.7 Å². The zero-order valence-corrected chi connectivity index (χ0v) is 26.2. The molecule has 2 saturated carbocycles. The summed E-state index contributed by atoms with van der Waals surface area (Å²) in [5.74, 6) is -0.184. The van der Waals surface area contributed by atoms with Gasteiger partial charge in [-0.25, -0.2) is 19.9 Å². The van der Waals surface area contributed by atoms with Gasteiger partial charge in [-0.2, -0.15) is 0 Å². The lowest BCUT2D eigenvalue weighted by molar-refractivity contribution is -0.124. The van der Waals surface area contributed by atoms with Gasteiger partial charge in [-0.3, -0.25) is 10.1 Å². The summed E-state index contributed by atoms with van der Waals surface area (Å²) in [7, 11) is 0. The number of hydrogen-bond acceptors (Lipinski definition) is 9. The van der Waals surface area contributed by atoms with Gasteiger partial charge in [0.2, 0.25) is 11.8 Å². The van der Waals surface area contributed by atoms with Crippen molar-refractivity contribution in [1.29, 1.82) is 0 Å². The Labute approximate surface area is 264 Å². The number of hydrogen-bond donors (Lipinski definition) is 5. The van der Waals surface area contributed by atoms with Gasteiger partial charge in [-0.05, 0) is 80.5 Å². The number of fused-ring (bicyclic) bond motifs is 3. The number of rotatable bonds is 4. The Kier molecular flexibility index (Phi) is 7.31. The highest BCUT2D eigenvalue weighted by molar-refractivity contribution is 6.29. The fourth-order valence-corrected chi connectivity index (χ4v) is 8.90. The Balaban J connectivity index is 1.27. The Hall–Kier alpha value is -2.99. The molecule has 0 radical (unpaired) electrons. The van der Waals surface area contributed by atoms with Crippen molar-refractivity contribution in [1.82, 2.24) is 30.8 Å². The second kappa shape index (κ2) is 10.8. The second-order valence-corrected chi connectivity index (χ2v) is 14.5. The van der Waals surface area contributed by atoms with Crippen LogP contribution < -0.4 is 21.7 Å². The van der Waals surface area contributed by atoms with Gasteiger partial charge in [-0.1, -0.05) is 43.1 Å². The quantitative estimate of drug-likeness (QED) is 0.261. The maximum Gasteiger partial charge on any atom is 0.434 e. The Bertz CT molecular complexity index is 1620. The Morgan fingerprint density at radius 1 is 1.07 bits per heavy atom. The number of anilines is 1. The third-order valence-electron chi connectivity index (χ3n) is 10.8. The van der Waals surface area contributed by atoms with Gasteiger partial charge < -0.3 is 20.2 Å². The largest absolute Gasteiger partial charge is 0.434 e. The normalized spacial score (nSPS) is 32.0. The van der Waals surface area contributed by atoms with Crippen molar-refractivity contribution in [3.63, 3.8) is 0 Å². The van der Waals surface area contributed by atoms with Gasteiger partial charge in [0, 0.05) is 35.2 Å². The first-order valence-corrected chi connectivity index (χ1v) is 16.1. The minimum absolute atomic E-state index is 0.0334. The minimum atomic E-state index is -1.04. The van der Waals surface area contributed by atoms with Crippen molar-refractivity contribution < 1.29 is 14.3 Å². The number of nitrogens with one attached hydrogen (secondary N) is 4. The van der Waals surface area contributed by atoms with Crippen LogP contribution in [0.2, 0.25) is 10.3 Å². The molecule has 0 bridgehead atoms. The van der Waals surface area contributed by atoms with Crippen LogP contribution in [0.5, 0.6) is 0 Å². The molecule has 7 rings (SSSR count). The summed E-state index contributed by atoms with van der Waals surface area (Å²) < 4.78 is 5.19. The summed E-state index contributed by atoms with van der Waals surface area (Å²) in [6.45, 7) is 4.55. The first kappa shape index (κ1) is 29.7. The molecule has 1 saturated heterocycles. The van der Waals surface area contributed by atoms with Crippen LogP contribution in [0.1, 0.15) is 94.1 Å². The van der Waals surface area contributed by atoms with E-state index in [0.717, 1.165) is 62.5 Å². The van der Waals surface area contributed by atoms with Crippen molar-refractivity contribution in [3.05, 3.63) is 68.3 Å². The zero-order chi connectivity index (χ0) is 30.9. The molecule has 3 fully saturated rings. The first-order valence-electron chi connectivity index (χ1n) is 15.4. The molecule has 0 aromatic carbocycles. The molecule has 0 unspecified atom stereocenters. The summed E-state index contributed by atoms with van der Waals surface area (Å²) in [6.07, 6.45) is 6.94. The summed E-state index contributed by atoms with van der Waals surface area (Å²) >= 11 is 12.8. The molecule has 2 spiro atoms. The number of aliphatic hydroxyl groups is 1. The number of carbonyl (C=O) groups is 1. The molecule has 4 atom stereocenters. The highest BCUT2D eigenvalue weighted by atomic mass is 35.5. The predicted octanol–water partition coefficient (Wildman–Crippen LogP) is 4.38. The van der Waals surface area contributed by atoms with E-state index in [2.05, 4.69) is 50.0 Å². The van der Waals surface area contributed by atoms with Crippen molar-refractivity contribution in [3.8, 4) is 0 Å². The maximum absolute atomic E-state index is 14.5. The molecule has 2 aliphatic carbocycles. The fourth-order valence-electron chi connectivity index (χ4n) is 8.57. The molecule has 234 valence electrons. The molecule has 1 amide bonds. The van der Waals surface area contributed by atoms with Crippen LogP contribution in [0.4, 0.5) is 5.82 Å². The monoisotopic (exact) mass is 641 g/mol. The van der Waals surface area contributed by atoms with Gasteiger partial charge in [0.25, 0.3) is 0 Å². The SMILES string of the molecule is CC1(C)CCC2(CC1)N[C@@H](C(=O)N[C@H]1CC[C@H](c3n[nH]c(=O)o3)CC1)[C@H](c1ccnc(Cl)c1)[C@@]21c2ccc(Cl)nc2N[C@@H]1O. The standard InChI is InChI=1S/C31H37Cl2N7O4/c1-29(2)10-12-30(13-11-29)31(19-7-8-20(32)36-24(19)37-27(31)42)22(17-9-14-34-21(33)15-17)23(38-30)25(41)35-18-5-3-16(4-6-18)26-39-40-28(43)44-26/h7-9,14-16,18,22-23,27,38,42H,3-6,10-13H2,1-2H3,(H,35,41)(H,36,37)(H,40,43)/t16-,18-,22-,23+,27+,31+/m0/s1. The van der Waals surface area contributed by atoms with E-state index in [-0.39, 0.29) is 23.3 Å². The van der Waals surface area contributed by atoms with Crippen molar-refractivity contribution >= 4 is 34.9 Å². The van der Waals surface area contributed by atoms with Crippen LogP contribution in [0.15, 0.2) is 39.7 Å². The summed E-state index contributed by atoms with van der Waals surface area (Å²) in [6, 6.07) is 6.68. The Morgan fingerprint density at radius 3 is 2.50 bits per heavy atom. The highest BCUT2D eigenvalue weighted by Crippen LogP contribution is 2.64. The number of aromatic nitrogens is 4. The number of halogens is 2. The molecule has 2 aliphatic heterocycles. The van der Waals surface area contributed by atoms with Crippen LogP contribution >= 0.6 is 23.2 Å². The van der Waals surface area contributed by atoms with E-state index >= 15 is 0 Å². The molecule has 11 nitrogen and oxygen atoms in total. The molecule has 3 aromatic rings. The third-order valence-corrected chi connectivity index (χ3v) is 11.2. The maximum atomic E-state index is 14.5. The molecule has 4 aliphatic rings. The summed E-state index contributed by atoms with van der Waals surface area (Å²) in [4.78, 5) is 34.7. The van der Waals surface area contributed by atoms with Gasteiger partial charge in [-0.15, -0.1) is 5.10 Å². The smallest absolute Gasteiger partial charge is 0.392 e. The van der Waals surface area contributed by atoms with Gasteiger partial charge in [0.15, 0.2) is 0 Å². The fraction of sp³-hybridized carbons (Fsp3) is 0.581. The van der Waals surface area contributed by atoms with E-state index in [0.29, 0.717) is 22.0 Å². The topological polar surface area (TPSA) is 158 Å². The molecule has 3 aromatic heterocycles. The van der Waals surface area contributed by atoms with Crippen LogP contribution in [0.3, 0.4) is 0 Å². The number of pyridine rings is 2. The van der Waals surface area contributed by atoms with E-state index in [1.807, 2.05) is 12.1 Å². The molecule has 13 heteroatoms. The lowest BCUT2D eigenvalue weighted by Gasteiger charge is -2.52. The van der Waals surface area contributed by atoms with Gasteiger partial charge in [0.1, 0.15) is 22.4 Å². The van der Waals surface area contributed by atoms with E-state index in [1.165, 1.54) is 0 Å². The summed E-state index contributed by atoms with van der Waals surface area (Å²) in [5, 5.41) is 29.6. The number of aliphatic hydroxyl groups excluding tert-OH is 1. The van der Waals surface area contributed by atoms with Crippen LogP contribution in [0.25, 0.3) is 0 Å². The number of H-pyrrole nitrogens is 1. The van der Waals surface area contributed by atoms with Gasteiger partial charge in [0.05, 0.1) is 11.5 Å². The van der Waals surface area contributed by atoms with Crippen LogP contribution in [-0.4, -0.2) is 55.0 Å². The van der Waals surface area contributed by atoms with Crippen molar-refractivity contribution in [2.24, 2.45) is 5.41 Å². The van der Waals surface area contributed by atoms with Crippen LogP contribution in [0, 0.1) is 5.41 Å². The highest BCUT2D eigenvalue weighted by Gasteiger charge is 2.72. The first-order chi connectivity index (χ1) is 21.0. The number of aromatic amines is 1. The van der Waals surface area contributed by atoms with Crippen LogP contribution in [-0.2, 0) is 10.2 Å². The average molecular weight is 643 g/mol. The molecular weight excluding hydrogens is 605 g/mol. The van der Waals surface area contributed by atoms with E-state index in [1.54, 1.807) is 18.3 Å². The minimum Gasteiger partial charge on any atom is -0.392 e. The average Bonchev–Trinajstić information content (AvgIpc) is 3.64. The lowest BCUT2D eigenvalue weighted by Crippen LogP contribution is -2.62. The summed E-state index contributed by atoms with van der Waals surface area (Å²) in [5.41, 5.74) is 0.232. The van der Waals surface area contributed by atoms with Crippen molar-refractivity contribution in [2.75, 3.05) is 5.32 Å². The van der Waals surface area contributed by atoms with Gasteiger partial charge >= 0.3 is 5.76 Å². The number of carbonyl (C=O) groups excluding carboxylic acids is 1. The zero-order valence-electron chi connectivity index (χ0n) is 24.7. The number of amides is 1. The molecule has 5 heterocycles. The molecule has 5 N–H and O–H groups in total. The molecular formula is C31H37Cl2N7O4. The van der Waals surface area contributed by atoms with Crippen molar-refractivity contribution in [2.45, 2.75) is 106 Å². The van der Waals surface area contributed by atoms with E-state index in [4.69, 9.17) is 27.6 Å². The predicted molar refractivity (Wildman–Crippen MR) is 165 cm³/mol. The molecule has 44 heavy (non-hydrogen) atoms. The second-order valence-electron chi connectivity index (χ2n) is 13.7. The van der Waals surface area contributed by atoms with E-state index < -0.39 is 34.9 Å². The third kappa shape index (κ3) is 4.74. The Morgan fingerprint density at radius 2 is 1.82 bits per heavy atom. The lowest BCUT2D eigenvalue weighted by atomic mass is 9.53. The number of nitrogens with zero attached hydrogens (tertiary/aromatic N) is 3.